The number of aromatic hydroxyl groups is 1. The second-order valence-electron chi connectivity index (χ2n) is 3.84. The number of halogens is 3. The van der Waals surface area contributed by atoms with E-state index in [2.05, 4.69) is 20.7 Å². The number of phenolic OH excluding ortho intramolecular Hbond substituents is 1. The van der Waals surface area contributed by atoms with Crippen LogP contribution in [0.1, 0.15) is 0 Å². The summed E-state index contributed by atoms with van der Waals surface area (Å²) in [7, 11) is -3.89. The fourth-order valence-electron chi connectivity index (χ4n) is 1.46. The highest BCUT2D eigenvalue weighted by Gasteiger charge is 2.18. The summed E-state index contributed by atoms with van der Waals surface area (Å²) in [5, 5.41) is 9.08. The van der Waals surface area contributed by atoms with E-state index in [1.807, 2.05) is 0 Å². The molecule has 0 saturated heterocycles. The maximum atomic E-state index is 13.1. The lowest BCUT2D eigenvalue weighted by molar-refractivity contribution is 0.475. The zero-order chi connectivity index (χ0) is 14.9. The molecule has 0 aliphatic rings. The molecular formula is C12H8BrClFNO3S. The number of rotatable bonds is 3. The van der Waals surface area contributed by atoms with Crippen LogP contribution in [0.25, 0.3) is 0 Å². The van der Waals surface area contributed by atoms with Gasteiger partial charge in [-0.1, -0.05) is 11.6 Å². The maximum absolute atomic E-state index is 13.1. The van der Waals surface area contributed by atoms with Gasteiger partial charge < -0.3 is 5.11 Å². The van der Waals surface area contributed by atoms with Crippen molar-refractivity contribution >= 4 is 43.2 Å². The summed E-state index contributed by atoms with van der Waals surface area (Å²) in [5.41, 5.74) is 0.0427. The van der Waals surface area contributed by atoms with Crippen molar-refractivity contribution in [2.24, 2.45) is 0 Å². The van der Waals surface area contributed by atoms with Crippen LogP contribution in [0.2, 0.25) is 5.02 Å². The molecule has 0 heterocycles. The van der Waals surface area contributed by atoms with E-state index >= 15 is 0 Å². The third kappa shape index (κ3) is 3.23. The highest BCUT2D eigenvalue weighted by atomic mass is 79.9. The monoisotopic (exact) mass is 379 g/mol. The molecule has 0 fully saturated rings. The van der Waals surface area contributed by atoms with Gasteiger partial charge in [0.1, 0.15) is 11.6 Å². The molecule has 0 bridgehead atoms. The lowest BCUT2D eigenvalue weighted by Crippen LogP contribution is -2.13. The Morgan fingerprint density at radius 2 is 1.80 bits per heavy atom. The van der Waals surface area contributed by atoms with Gasteiger partial charge in [-0.15, -0.1) is 0 Å². The maximum Gasteiger partial charge on any atom is 0.261 e. The van der Waals surface area contributed by atoms with Crippen molar-refractivity contribution in [2.75, 3.05) is 4.72 Å². The van der Waals surface area contributed by atoms with E-state index in [9.17, 15) is 12.8 Å². The fraction of sp³-hybridized carbons (Fsp3) is 0. The smallest absolute Gasteiger partial charge is 0.261 e. The molecule has 0 atom stereocenters. The molecule has 8 heteroatoms. The second-order valence-corrected chi connectivity index (χ2v) is 6.79. The van der Waals surface area contributed by atoms with Crippen LogP contribution in [0.3, 0.4) is 0 Å². The van der Waals surface area contributed by atoms with Gasteiger partial charge >= 0.3 is 0 Å². The normalized spacial score (nSPS) is 11.3. The number of hydrogen-bond donors (Lipinski definition) is 2. The zero-order valence-electron chi connectivity index (χ0n) is 9.77. The van der Waals surface area contributed by atoms with Crippen LogP contribution in [-0.2, 0) is 10.0 Å². The number of sulfonamides is 1. The molecule has 0 aliphatic heterocycles. The lowest BCUT2D eigenvalue weighted by Gasteiger charge is -2.11. The molecule has 0 aromatic heterocycles. The summed E-state index contributed by atoms with van der Waals surface area (Å²) >= 11 is 8.86. The summed E-state index contributed by atoms with van der Waals surface area (Å²) in [6.45, 7) is 0. The van der Waals surface area contributed by atoms with Gasteiger partial charge in [-0.2, -0.15) is 0 Å². The lowest BCUT2D eigenvalue weighted by atomic mass is 10.3. The van der Waals surface area contributed by atoms with Gasteiger partial charge in [0.2, 0.25) is 0 Å². The van der Waals surface area contributed by atoms with Crippen molar-refractivity contribution in [1.29, 1.82) is 0 Å². The average molecular weight is 381 g/mol. The summed E-state index contributed by atoms with van der Waals surface area (Å²) in [5.74, 6) is -0.639. The van der Waals surface area contributed by atoms with Crippen LogP contribution in [0.15, 0.2) is 45.8 Å². The SMILES string of the molecule is O=S(=O)(Nc1c(Cl)cc(F)cc1Br)c1ccc(O)cc1. The molecule has 0 aliphatic carbocycles. The molecule has 20 heavy (non-hydrogen) atoms. The summed E-state index contributed by atoms with van der Waals surface area (Å²) in [4.78, 5) is -0.0532. The molecule has 0 amide bonds. The van der Waals surface area contributed by atoms with Crippen LogP contribution in [-0.4, -0.2) is 13.5 Å². The average Bonchev–Trinajstić information content (AvgIpc) is 2.34. The van der Waals surface area contributed by atoms with Crippen LogP contribution >= 0.6 is 27.5 Å². The molecule has 2 N–H and O–H groups in total. The Balaban J connectivity index is 2.41. The zero-order valence-corrected chi connectivity index (χ0v) is 12.9. The van der Waals surface area contributed by atoms with Crippen molar-refractivity contribution in [3.63, 3.8) is 0 Å². The molecule has 106 valence electrons. The first-order valence-electron chi connectivity index (χ1n) is 5.26. The van der Waals surface area contributed by atoms with E-state index in [1.165, 1.54) is 24.3 Å². The standard InChI is InChI=1S/C12H8BrClFNO3S/c13-10-5-7(15)6-11(14)12(10)16-20(18,19)9-3-1-8(17)2-4-9/h1-6,16-17H. The quantitative estimate of drug-likeness (QED) is 0.852. The van der Waals surface area contributed by atoms with Gasteiger partial charge in [0.25, 0.3) is 10.0 Å². The van der Waals surface area contributed by atoms with E-state index in [0.717, 1.165) is 12.1 Å². The summed E-state index contributed by atoms with van der Waals surface area (Å²) in [6.07, 6.45) is 0. The predicted octanol–water partition coefficient (Wildman–Crippen LogP) is 3.75. The Labute approximate surface area is 128 Å². The molecule has 0 saturated carbocycles. The van der Waals surface area contributed by atoms with Crippen molar-refractivity contribution in [2.45, 2.75) is 4.90 Å². The van der Waals surface area contributed by atoms with Crippen molar-refractivity contribution in [1.82, 2.24) is 0 Å². The second kappa shape index (κ2) is 5.59. The minimum absolute atomic E-state index is 0.0427. The fourth-order valence-corrected chi connectivity index (χ4v) is 3.65. The largest absolute Gasteiger partial charge is 0.508 e. The Bertz CT molecular complexity index is 727. The van der Waals surface area contributed by atoms with Crippen LogP contribution in [0.4, 0.5) is 10.1 Å². The van der Waals surface area contributed by atoms with Gasteiger partial charge in [-0.25, -0.2) is 12.8 Å². The minimum Gasteiger partial charge on any atom is -0.508 e. The highest BCUT2D eigenvalue weighted by Crippen LogP contribution is 2.33. The molecule has 4 nitrogen and oxygen atoms in total. The Morgan fingerprint density at radius 1 is 1.20 bits per heavy atom. The first kappa shape index (κ1) is 15.1. The van der Waals surface area contributed by atoms with Crippen LogP contribution < -0.4 is 4.72 Å². The molecule has 0 radical (unpaired) electrons. The predicted molar refractivity (Wildman–Crippen MR) is 78.0 cm³/mol. The number of phenols is 1. The molecule has 2 aromatic rings. The molecule has 0 spiro atoms. The van der Waals surface area contributed by atoms with Crippen LogP contribution in [0, 0.1) is 5.82 Å². The molecule has 0 unspecified atom stereocenters. The molecule has 2 rings (SSSR count). The Hall–Kier alpha value is -1.31. The molecule has 2 aromatic carbocycles. The molecular weight excluding hydrogens is 373 g/mol. The van der Waals surface area contributed by atoms with Gasteiger partial charge in [-0.3, -0.25) is 4.72 Å². The van der Waals surface area contributed by atoms with Gasteiger partial charge in [0, 0.05) is 4.47 Å². The van der Waals surface area contributed by atoms with E-state index < -0.39 is 15.8 Å². The third-order valence-corrected chi connectivity index (χ3v) is 4.68. The highest BCUT2D eigenvalue weighted by molar-refractivity contribution is 9.10. The summed E-state index contributed by atoms with van der Waals surface area (Å²) in [6, 6.07) is 7.07. The number of hydrogen-bond acceptors (Lipinski definition) is 3. The van der Waals surface area contributed by atoms with E-state index in [4.69, 9.17) is 16.7 Å². The van der Waals surface area contributed by atoms with Crippen molar-refractivity contribution < 1.29 is 17.9 Å². The van der Waals surface area contributed by atoms with Gasteiger partial charge in [0.15, 0.2) is 0 Å². The van der Waals surface area contributed by atoms with Crippen molar-refractivity contribution in [3.05, 3.63) is 51.7 Å². The minimum atomic E-state index is -3.89. The first-order valence-corrected chi connectivity index (χ1v) is 7.91. The van der Waals surface area contributed by atoms with Gasteiger partial charge in [-0.05, 0) is 52.3 Å². The van der Waals surface area contributed by atoms with Crippen molar-refractivity contribution in [3.8, 4) is 5.75 Å². The Morgan fingerprint density at radius 3 is 2.35 bits per heavy atom. The first-order chi connectivity index (χ1) is 9.29. The van der Waals surface area contributed by atoms with Crippen LogP contribution in [0.5, 0.6) is 5.75 Å². The van der Waals surface area contributed by atoms with Gasteiger partial charge in [0.05, 0.1) is 15.6 Å². The number of benzene rings is 2. The van der Waals surface area contributed by atoms with E-state index in [1.54, 1.807) is 0 Å². The topological polar surface area (TPSA) is 66.4 Å². The van der Waals surface area contributed by atoms with E-state index in [0.29, 0.717) is 0 Å². The number of anilines is 1. The Kier molecular flexibility index (Phi) is 4.22. The number of nitrogens with one attached hydrogen (secondary N) is 1. The summed E-state index contributed by atoms with van der Waals surface area (Å²) < 4.78 is 39.8. The van der Waals surface area contributed by atoms with E-state index in [-0.39, 0.29) is 25.8 Å². The third-order valence-electron chi connectivity index (χ3n) is 2.39.